The van der Waals surface area contributed by atoms with Crippen molar-refractivity contribution in [3.05, 3.63) is 41.1 Å². The number of hydrogen-bond donors (Lipinski definition) is 0. The molecule has 1 aliphatic carbocycles. The molecule has 2 atom stereocenters. The third-order valence-corrected chi connectivity index (χ3v) is 6.43. The van der Waals surface area contributed by atoms with Crippen molar-refractivity contribution in [2.75, 3.05) is 13.2 Å². The third kappa shape index (κ3) is 5.19. The molecule has 2 aromatic heterocycles. The Morgan fingerprint density at radius 3 is 2.81 bits per heavy atom. The SMILES string of the molecule is CC(CCn1nc(C(F)(F)F)c2c1CCCC2)C(=O)N(Cc1ccoc1)CC1CCCO1. The highest BCUT2D eigenvalue weighted by Crippen LogP contribution is 2.36. The predicted molar refractivity (Wildman–Crippen MR) is 111 cm³/mol. The van der Waals surface area contributed by atoms with Gasteiger partial charge in [-0.25, -0.2) is 0 Å². The van der Waals surface area contributed by atoms with Crippen LogP contribution in [0, 0.1) is 5.92 Å². The summed E-state index contributed by atoms with van der Waals surface area (Å²) >= 11 is 0. The van der Waals surface area contributed by atoms with Crippen molar-refractivity contribution in [2.24, 2.45) is 5.92 Å². The predicted octanol–water partition coefficient (Wildman–Crippen LogP) is 4.61. The minimum Gasteiger partial charge on any atom is -0.472 e. The number of carbonyl (C=O) groups is 1. The molecular weight excluding hydrogens is 423 g/mol. The molecule has 0 saturated carbocycles. The number of aryl methyl sites for hydroxylation is 1. The number of ether oxygens (including phenoxy) is 1. The number of amides is 1. The fourth-order valence-corrected chi connectivity index (χ4v) is 4.70. The van der Waals surface area contributed by atoms with Gasteiger partial charge in [-0.05, 0) is 51.0 Å². The quantitative estimate of drug-likeness (QED) is 0.586. The van der Waals surface area contributed by atoms with Gasteiger partial charge < -0.3 is 14.1 Å². The van der Waals surface area contributed by atoms with E-state index in [0.29, 0.717) is 56.8 Å². The minimum absolute atomic E-state index is 0.0190. The van der Waals surface area contributed by atoms with E-state index in [-0.39, 0.29) is 17.9 Å². The Morgan fingerprint density at radius 2 is 2.12 bits per heavy atom. The van der Waals surface area contributed by atoms with E-state index in [2.05, 4.69) is 5.10 Å². The zero-order valence-electron chi connectivity index (χ0n) is 18.4. The molecule has 1 saturated heterocycles. The van der Waals surface area contributed by atoms with Crippen LogP contribution in [0.4, 0.5) is 13.2 Å². The summed E-state index contributed by atoms with van der Waals surface area (Å²) in [6.07, 6.45) is 3.74. The molecule has 4 rings (SSSR count). The van der Waals surface area contributed by atoms with Crippen molar-refractivity contribution < 1.29 is 27.1 Å². The molecule has 32 heavy (non-hydrogen) atoms. The van der Waals surface area contributed by atoms with E-state index in [1.807, 2.05) is 13.0 Å². The largest absolute Gasteiger partial charge is 0.472 e. The number of alkyl halides is 3. The summed E-state index contributed by atoms with van der Waals surface area (Å²) in [7, 11) is 0. The lowest BCUT2D eigenvalue weighted by molar-refractivity contribution is -0.142. The molecule has 0 bridgehead atoms. The maximum absolute atomic E-state index is 13.4. The standard InChI is InChI=1S/C23H30F3N3O3/c1-16(8-10-29-20-7-3-2-6-19(20)21(27-29)23(24,25)26)22(30)28(13-17-9-12-31-15-17)14-18-5-4-11-32-18/h9,12,15-16,18H,2-8,10-11,13-14H2,1H3. The fourth-order valence-electron chi connectivity index (χ4n) is 4.70. The van der Waals surface area contributed by atoms with Crippen LogP contribution in [0.5, 0.6) is 0 Å². The number of aromatic nitrogens is 2. The van der Waals surface area contributed by atoms with Gasteiger partial charge in [0.05, 0.1) is 18.6 Å². The normalized spacial score (nSPS) is 19.7. The molecule has 1 fully saturated rings. The van der Waals surface area contributed by atoms with E-state index in [4.69, 9.17) is 9.15 Å². The minimum atomic E-state index is -4.45. The van der Waals surface area contributed by atoms with Crippen LogP contribution in [0.15, 0.2) is 23.0 Å². The van der Waals surface area contributed by atoms with Gasteiger partial charge in [-0.1, -0.05) is 6.92 Å². The van der Waals surface area contributed by atoms with Gasteiger partial charge in [-0.2, -0.15) is 18.3 Å². The Balaban J connectivity index is 1.44. The highest BCUT2D eigenvalue weighted by molar-refractivity contribution is 5.78. The molecule has 0 radical (unpaired) electrons. The van der Waals surface area contributed by atoms with Crippen LogP contribution in [-0.2, 0) is 41.6 Å². The van der Waals surface area contributed by atoms with E-state index >= 15 is 0 Å². The molecular formula is C23H30F3N3O3. The first-order valence-electron chi connectivity index (χ1n) is 11.4. The Kier molecular flexibility index (Phi) is 6.93. The van der Waals surface area contributed by atoms with Gasteiger partial charge in [0.2, 0.25) is 5.91 Å². The first-order chi connectivity index (χ1) is 15.3. The van der Waals surface area contributed by atoms with Crippen molar-refractivity contribution in [3.8, 4) is 0 Å². The van der Waals surface area contributed by atoms with E-state index < -0.39 is 11.9 Å². The number of hydrogen-bond acceptors (Lipinski definition) is 4. The Morgan fingerprint density at radius 1 is 1.31 bits per heavy atom. The second kappa shape index (κ2) is 9.68. The second-order valence-electron chi connectivity index (χ2n) is 8.88. The molecule has 1 aliphatic heterocycles. The van der Waals surface area contributed by atoms with Crippen LogP contribution in [0.1, 0.15) is 61.5 Å². The van der Waals surface area contributed by atoms with Gasteiger partial charge in [0.15, 0.2) is 5.69 Å². The van der Waals surface area contributed by atoms with Crippen LogP contribution in [0.25, 0.3) is 0 Å². The third-order valence-electron chi connectivity index (χ3n) is 6.43. The van der Waals surface area contributed by atoms with Crippen molar-refractivity contribution in [1.82, 2.24) is 14.7 Å². The van der Waals surface area contributed by atoms with E-state index in [1.165, 1.54) is 4.68 Å². The number of rotatable bonds is 8. The van der Waals surface area contributed by atoms with Crippen LogP contribution in [0.3, 0.4) is 0 Å². The highest BCUT2D eigenvalue weighted by atomic mass is 19.4. The molecule has 0 aromatic carbocycles. The lowest BCUT2D eigenvalue weighted by Crippen LogP contribution is -2.40. The lowest BCUT2D eigenvalue weighted by Gasteiger charge is -2.28. The zero-order chi connectivity index (χ0) is 22.7. The maximum Gasteiger partial charge on any atom is 0.435 e. The average Bonchev–Trinajstić information content (AvgIpc) is 3.52. The maximum atomic E-state index is 13.4. The number of carbonyl (C=O) groups excluding carboxylic acids is 1. The Bertz CT molecular complexity index is 902. The van der Waals surface area contributed by atoms with Gasteiger partial charge in [0.25, 0.3) is 0 Å². The Hall–Kier alpha value is -2.29. The highest BCUT2D eigenvalue weighted by Gasteiger charge is 2.39. The summed E-state index contributed by atoms with van der Waals surface area (Å²) < 4.78 is 52.7. The summed E-state index contributed by atoms with van der Waals surface area (Å²) in [6.45, 7) is 3.77. The molecule has 176 valence electrons. The first-order valence-corrected chi connectivity index (χ1v) is 11.4. The molecule has 2 aliphatic rings. The number of halogens is 3. The summed E-state index contributed by atoms with van der Waals surface area (Å²) in [5.74, 6) is -0.375. The molecule has 6 nitrogen and oxygen atoms in total. The van der Waals surface area contributed by atoms with Gasteiger partial charge in [0, 0.05) is 49.0 Å². The van der Waals surface area contributed by atoms with Crippen molar-refractivity contribution in [3.63, 3.8) is 0 Å². The van der Waals surface area contributed by atoms with Gasteiger partial charge in [0.1, 0.15) is 0 Å². The Labute approximate surface area is 185 Å². The summed E-state index contributed by atoms with van der Waals surface area (Å²) in [5.41, 5.74) is 1.16. The first kappa shape index (κ1) is 22.9. The lowest BCUT2D eigenvalue weighted by atomic mass is 9.95. The molecule has 9 heteroatoms. The van der Waals surface area contributed by atoms with E-state index in [1.54, 1.807) is 17.4 Å². The molecule has 0 N–H and O–H groups in total. The van der Waals surface area contributed by atoms with E-state index in [0.717, 1.165) is 31.2 Å². The number of nitrogens with zero attached hydrogens (tertiary/aromatic N) is 3. The summed E-state index contributed by atoms with van der Waals surface area (Å²) in [4.78, 5) is 15.0. The van der Waals surface area contributed by atoms with Crippen LogP contribution < -0.4 is 0 Å². The van der Waals surface area contributed by atoms with Crippen molar-refractivity contribution in [2.45, 2.75) is 77.2 Å². The van der Waals surface area contributed by atoms with Crippen molar-refractivity contribution >= 4 is 5.91 Å². The van der Waals surface area contributed by atoms with Gasteiger partial charge in [-0.15, -0.1) is 0 Å². The fraction of sp³-hybridized carbons (Fsp3) is 0.652. The molecule has 2 aromatic rings. The van der Waals surface area contributed by atoms with Crippen molar-refractivity contribution in [1.29, 1.82) is 0 Å². The van der Waals surface area contributed by atoms with E-state index in [9.17, 15) is 18.0 Å². The second-order valence-corrected chi connectivity index (χ2v) is 8.88. The summed E-state index contributed by atoms with van der Waals surface area (Å²) in [6, 6.07) is 1.83. The average molecular weight is 454 g/mol. The molecule has 1 amide bonds. The molecule has 0 spiro atoms. The van der Waals surface area contributed by atoms with Crippen LogP contribution in [-0.4, -0.2) is 39.8 Å². The zero-order valence-corrected chi connectivity index (χ0v) is 18.4. The summed E-state index contributed by atoms with van der Waals surface area (Å²) in [5, 5.41) is 3.92. The number of fused-ring (bicyclic) bond motifs is 1. The molecule has 2 unspecified atom stereocenters. The molecule has 3 heterocycles. The number of furan rings is 1. The van der Waals surface area contributed by atoms with Gasteiger partial charge >= 0.3 is 6.18 Å². The van der Waals surface area contributed by atoms with Crippen LogP contribution >= 0.6 is 0 Å². The van der Waals surface area contributed by atoms with Crippen LogP contribution in [0.2, 0.25) is 0 Å². The van der Waals surface area contributed by atoms with Gasteiger partial charge in [-0.3, -0.25) is 9.48 Å². The monoisotopic (exact) mass is 453 g/mol. The smallest absolute Gasteiger partial charge is 0.435 e. The topological polar surface area (TPSA) is 60.5 Å².